The van der Waals surface area contributed by atoms with Gasteiger partial charge in [0.25, 0.3) is 5.91 Å². The second-order valence-electron chi connectivity index (χ2n) is 6.89. The lowest BCUT2D eigenvalue weighted by atomic mass is 10.0. The number of thioether (sulfide) groups is 1. The highest BCUT2D eigenvalue weighted by Crippen LogP contribution is 2.30. The van der Waals surface area contributed by atoms with Gasteiger partial charge in [-0.3, -0.25) is 4.79 Å². The molecule has 27 heavy (non-hydrogen) atoms. The van der Waals surface area contributed by atoms with Gasteiger partial charge in [-0.25, -0.2) is 9.37 Å². The van der Waals surface area contributed by atoms with Crippen molar-refractivity contribution in [2.24, 2.45) is 0 Å². The second kappa shape index (κ2) is 7.35. The van der Waals surface area contributed by atoms with Crippen LogP contribution in [0.3, 0.4) is 0 Å². The Morgan fingerprint density at radius 2 is 1.93 bits per heavy atom. The van der Waals surface area contributed by atoms with Gasteiger partial charge < -0.3 is 9.47 Å². The van der Waals surface area contributed by atoms with E-state index >= 15 is 0 Å². The molecule has 0 radical (unpaired) electrons. The van der Waals surface area contributed by atoms with Gasteiger partial charge in [-0.1, -0.05) is 12.1 Å². The molecule has 1 saturated heterocycles. The fraction of sp³-hybridized carbons (Fsp3) is 0.333. The summed E-state index contributed by atoms with van der Waals surface area (Å²) in [6.45, 7) is 3.35. The van der Waals surface area contributed by atoms with E-state index in [0.717, 1.165) is 40.2 Å². The minimum atomic E-state index is -0.245. The summed E-state index contributed by atoms with van der Waals surface area (Å²) in [6, 6.07) is 12.7. The van der Waals surface area contributed by atoms with Crippen LogP contribution in [0, 0.1) is 12.7 Å². The molecule has 3 aromatic rings. The Morgan fingerprint density at radius 3 is 2.67 bits per heavy atom. The van der Waals surface area contributed by atoms with Gasteiger partial charge in [0.2, 0.25) is 0 Å². The number of fused-ring (bicyclic) bond motifs is 1. The maximum atomic E-state index is 13.7. The number of aryl methyl sites for hydroxylation is 1. The van der Waals surface area contributed by atoms with Crippen molar-refractivity contribution in [3.8, 4) is 0 Å². The molecule has 1 aliphatic rings. The number of hydrogen-bond acceptors (Lipinski definition) is 3. The molecule has 2 aromatic carbocycles. The Bertz CT molecular complexity index is 992. The molecule has 0 saturated carbocycles. The highest BCUT2D eigenvalue weighted by atomic mass is 32.2. The third-order valence-electron chi connectivity index (χ3n) is 5.28. The van der Waals surface area contributed by atoms with E-state index in [-0.39, 0.29) is 17.8 Å². The molecule has 0 bridgehead atoms. The number of nitrogens with zero attached hydrogens (tertiary/aromatic N) is 3. The average Bonchev–Trinajstić information content (AvgIpc) is 3.02. The number of benzene rings is 2. The van der Waals surface area contributed by atoms with E-state index in [1.54, 1.807) is 23.9 Å². The molecule has 1 aromatic heterocycles. The van der Waals surface area contributed by atoms with E-state index in [4.69, 9.17) is 0 Å². The lowest BCUT2D eigenvalue weighted by Gasteiger charge is -2.33. The summed E-state index contributed by atoms with van der Waals surface area (Å²) < 4.78 is 15.9. The van der Waals surface area contributed by atoms with Gasteiger partial charge >= 0.3 is 0 Å². The Balaban J connectivity index is 1.54. The van der Waals surface area contributed by atoms with Crippen LogP contribution >= 0.6 is 11.8 Å². The van der Waals surface area contributed by atoms with Gasteiger partial charge in [-0.05, 0) is 56.4 Å². The van der Waals surface area contributed by atoms with Crippen LogP contribution < -0.4 is 0 Å². The molecule has 1 aliphatic heterocycles. The largest absolute Gasteiger partial charge is 0.338 e. The summed E-state index contributed by atoms with van der Waals surface area (Å²) in [7, 11) is 0. The first-order valence-corrected chi connectivity index (χ1v) is 10.4. The predicted octanol–water partition coefficient (Wildman–Crippen LogP) is 4.68. The fourth-order valence-electron chi connectivity index (χ4n) is 3.97. The van der Waals surface area contributed by atoms with E-state index in [9.17, 15) is 9.18 Å². The first-order chi connectivity index (χ1) is 13.1. The highest BCUT2D eigenvalue weighted by molar-refractivity contribution is 7.98. The van der Waals surface area contributed by atoms with Crippen LogP contribution in [0.25, 0.3) is 11.0 Å². The Kier molecular flexibility index (Phi) is 4.91. The molecular weight excluding hydrogens is 361 g/mol. The van der Waals surface area contributed by atoms with E-state index in [1.807, 2.05) is 42.3 Å². The molecule has 1 fully saturated rings. The summed E-state index contributed by atoms with van der Waals surface area (Å²) in [4.78, 5) is 20.4. The molecule has 1 amide bonds. The number of likely N-dealkylation sites (tertiary alicyclic amines) is 1. The quantitative estimate of drug-likeness (QED) is 0.616. The van der Waals surface area contributed by atoms with Crippen molar-refractivity contribution >= 4 is 28.7 Å². The molecule has 2 heterocycles. The first-order valence-electron chi connectivity index (χ1n) is 9.15. The van der Waals surface area contributed by atoms with Crippen LogP contribution in [-0.2, 0) is 0 Å². The first kappa shape index (κ1) is 18.0. The lowest BCUT2D eigenvalue weighted by molar-refractivity contribution is 0.0692. The van der Waals surface area contributed by atoms with Gasteiger partial charge in [-0.2, -0.15) is 0 Å². The third kappa shape index (κ3) is 3.34. The number of carbonyl (C=O) groups is 1. The number of piperidine rings is 1. The zero-order valence-electron chi connectivity index (χ0n) is 15.5. The zero-order valence-corrected chi connectivity index (χ0v) is 16.3. The Labute approximate surface area is 162 Å². The van der Waals surface area contributed by atoms with Gasteiger partial charge in [0.1, 0.15) is 11.6 Å². The zero-order chi connectivity index (χ0) is 19.0. The third-order valence-corrected chi connectivity index (χ3v) is 6.08. The number of carbonyl (C=O) groups excluding carboxylic acids is 1. The van der Waals surface area contributed by atoms with Crippen LogP contribution in [0.15, 0.2) is 47.4 Å². The molecule has 6 heteroatoms. The van der Waals surface area contributed by atoms with Crippen molar-refractivity contribution in [1.82, 2.24) is 14.5 Å². The van der Waals surface area contributed by atoms with Crippen molar-refractivity contribution in [2.75, 3.05) is 19.3 Å². The van der Waals surface area contributed by atoms with Gasteiger partial charge in [0.05, 0.1) is 16.6 Å². The van der Waals surface area contributed by atoms with E-state index in [0.29, 0.717) is 13.1 Å². The molecule has 0 atom stereocenters. The van der Waals surface area contributed by atoms with E-state index in [2.05, 4.69) is 9.55 Å². The van der Waals surface area contributed by atoms with Crippen molar-refractivity contribution in [3.05, 3.63) is 59.7 Å². The number of rotatable bonds is 3. The molecular formula is C21H22FN3OS. The molecule has 0 spiro atoms. The Morgan fingerprint density at radius 1 is 1.19 bits per heavy atom. The smallest absolute Gasteiger partial charge is 0.254 e. The summed E-state index contributed by atoms with van der Waals surface area (Å²) in [5.41, 5.74) is 2.43. The highest BCUT2D eigenvalue weighted by Gasteiger charge is 2.27. The van der Waals surface area contributed by atoms with Crippen LogP contribution in [-0.4, -0.2) is 39.7 Å². The topological polar surface area (TPSA) is 38.1 Å². The molecule has 0 unspecified atom stereocenters. The van der Waals surface area contributed by atoms with Crippen molar-refractivity contribution < 1.29 is 9.18 Å². The molecule has 0 N–H and O–H groups in total. The number of imidazole rings is 1. The van der Waals surface area contributed by atoms with Crippen molar-refractivity contribution in [3.63, 3.8) is 0 Å². The molecule has 4 rings (SSSR count). The van der Waals surface area contributed by atoms with Crippen LogP contribution in [0.2, 0.25) is 0 Å². The van der Waals surface area contributed by atoms with Crippen molar-refractivity contribution in [1.29, 1.82) is 0 Å². The number of hydrogen-bond donors (Lipinski definition) is 0. The fourth-order valence-corrected chi connectivity index (χ4v) is 4.56. The van der Waals surface area contributed by atoms with Crippen molar-refractivity contribution in [2.45, 2.75) is 30.7 Å². The number of aromatic nitrogens is 2. The van der Waals surface area contributed by atoms with Crippen LogP contribution in [0.5, 0.6) is 0 Å². The molecule has 140 valence electrons. The average molecular weight is 383 g/mol. The lowest BCUT2D eigenvalue weighted by Crippen LogP contribution is -2.39. The minimum Gasteiger partial charge on any atom is -0.338 e. The van der Waals surface area contributed by atoms with Crippen LogP contribution in [0.4, 0.5) is 4.39 Å². The SMILES string of the molecule is CSc1ccccc1C(=O)N1CCC(n2c(C)nc3ccc(F)cc32)CC1. The normalized spacial score (nSPS) is 15.4. The van der Waals surface area contributed by atoms with Gasteiger partial charge in [-0.15, -0.1) is 11.8 Å². The summed E-state index contributed by atoms with van der Waals surface area (Å²) >= 11 is 1.60. The minimum absolute atomic E-state index is 0.0941. The summed E-state index contributed by atoms with van der Waals surface area (Å²) in [5, 5.41) is 0. The summed E-state index contributed by atoms with van der Waals surface area (Å²) in [5.74, 6) is 0.745. The maximum absolute atomic E-state index is 13.7. The monoisotopic (exact) mass is 383 g/mol. The van der Waals surface area contributed by atoms with Gasteiger partial charge in [0, 0.05) is 24.0 Å². The standard InChI is InChI=1S/C21H22FN3OS/c1-14-23-18-8-7-15(22)13-19(18)25(14)16-9-11-24(12-10-16)21(26)17-5-3-4-6-20(17)27-2/h3-8,13,16H,9-12H2,1-2H3. The predicted molar refractivity (Wildman–Crippen MR) is 107 cm³/mol. The molecule has 4 nitrogen and oxygen atoms in total. The number of amides is 1. The van der Waals surface area contributed by atoms with Gasteiger partial charge in [0.15, 0.2) is 0 Å². The van der Waals surface area contributed by atoms with Crippen LogP contribution in [0.1, 0.15) is 35.1 Å². The Hall–Kier alpha value is -2.34. The van der Waals surface area contributed by atoms with E-state index < -0.39 is 0 Å². The second-order valence-corrected chi connectivity index (χ2v) is 7.73. The molecule has 0 aliphatic carbocycles. The summed E-state index contributed by atoms with van der Waals surface area (Å²) in [6.07, 6.45) is 3.68. The van der Waals surface area contributed by atoms with E-state index in [1.165, 1.54) is 6.07 Å². The maximum Gasteiger partial charge on any atom is 0.254 e. The number of halogens is 1.